The van der Waals surface area contributed by atoms with Crippen LogP contribution in [0.2, 0.25) is 0 Å². The molecule has 0 saturated heterocycles. The monoisotopic (exact) mass is 310 g/mol. The molecule has 0 saturated carbocycles. The van der Waals surface area contributed by atoms with Crippen LogP contribution >= 0.6 is 0 Å². The van der Waals surface area contributed by atoms with Crippen molar-refractivity contribution < 1.29 is 4.79 Å². The molecule has 7 heteroatoms. The van der Waals surface area contributed by atoms with Gasteiger partial charge in [0, 0.05) is 18.6 Å². The summed E-state index contributed by atoms with van der Waals surface area (Å²) in [5.74, 6) is -0.494. The third kappa shape index (κ3) is 2.76. The Labute approximate surface area is 130 Å². The zero-order chi connectivity index (χ0) is 16.4. The van der Waals surface area contributed by atoms with E-state index in [1.54, 1.807) is 37.4 Å². The maximum Gasteiger partial charge on any atom is 0.274 e. The summed E-state index contributed by atoms with van der Waals surface area (Å²) in [6.45, 7) is 0.113. The first kappa shape index (κ1) is 14.7. The van der Waals surface area contributed by atoms with Gasteiger partial charge in [0.25, 0.3) is 17.0 Å². The molecule has 0 radical (unpaired) electrons. The molecule has 0 fully saturated rings. The molecule has 2 N–H and O–H groups in total. The predicted molar refractivity (Wildman–Crippen MR) is 85.2 cm³/mol. The molecule has 3 aromatic rings. The first-order valence-corrected chi connectivity index (χ1v) is 6.99. The maximum atomic E-state index is 12.1. The fraction of sp³-hybridized carbons (Fsp3) is 0.125. The number of hydrogen-bond donors (Lipinski definition) is 2. The number of H-pyrrole nitrogens is 1. The number of amides is 1. The number of carbonyl (C=O) groups is 1. The van der Waals surface area contributed by atoms with Crippen molar-refractivity contribution in [1.29, 1.82) is 0 Å². The number of aromatic nitrogens is 3. The molecular formula is C16H14N4O3. The highest BCUT2D eigenvalue weighted by Crippen LogP contribution is 2.12. The molecule has 2 aromatic heterocycles. The van der Waals surface area contributed by atoms with Gasteiger partial charge in [0.1, 0.15) is 5.56 Å². The molecule has 0 aliphatic carbocycles. The van der Waals surface area contributed by atoms with E-state index in [-0.39, 0.29) is 17.7 Å². The summed E-state index contributed by atoms with van der Waals surface area (Å²) < 4.78 is 1.24. The highest BCUT2D eigenvalue weighted by atomic mass is 16.2. The second-order valence-electron chi connectivity index (χ2n) is 5.02. The molecule has 0 aliphatic rings. The fourth-order valence-electron chi connectivity index (χ4n) is 2.37. The van der Waals surface area contributed by atoms with Crippen molar-refractivity contribution in [3.05, 3.63) is 74.6 Å². The Balaban J connectivity index is 1.93. The van der Waals surface area contributed by atoms with Crippen LogP contribution in [0.15, 0.2) is 52.2 Å². The lowest BCUT2D eigenvalue weighted by molar-refractivity contribution is 0.0949. The van der Waals surface area contributed by atoms with Gasteiger partial charge < -0.3 is 10.3 Å². The molecule has 7 nitrogen and oxygen atoms in total. The van der Waals surface area contributed by atoms with E-state index in [1.165, 1.54) is 16.9 Å². The number of nitrogens with zero attached hydrogens (tertiary/aromatic N) is 2. The van der Waals surface area contributed by atoms with Crippen molar-refractivity contribution in [2.24, 2.45) is 7.05 Å². The van der Waals surface area contributed by atoms with Gasteiger partial charge in [0.15, 0.2) is 0 Å². The van der Waals surface area contributed by atoms with E-state index in [9.17, 15) is 14.4 Å². The summed E-state index contributed by atoms with van der Waals surface area (Å²) in [7, 11) is 1.56. The van der Waals surface area contributed by atoms with E-state index in [1.807, 2.05) is 0 Å². The summed E-state index contributed by atoms with van der Waals surface area (Å²) in [5, 5.41) is 8.06. The van der Waals surface area contributed by atoms with Crippen molar-refractivity contribution in [2.45, 2.75) is 6.54 Å². The summed E-state index contributed by atoms with van der Waals surface area (Å²) in [4.78, 5) is 38.2. The van der Waals surface area contributed by atoms with E-state index < -0.39 is 11.5 Å². The maximum absolute atomic E-state index is 12.1. The van der Waals surface area contributed by atoms with Gasteiger partial charge in [-0.05, 0) is 18.2 Å². The summed E-state index contributed by atoms with van der Waals surface area (Å²) in [6, 6.07) is 10.1. The molecule has 0 unspecified atom stereocenters. The average Bonchev–Trinajstić information content (AvgIpc) is 2.57. The van der Waals surface area contributed by atoms with Gasteiger partial charge in [0.05, 0.1) is 17.6 Å². The molecule has 23 heavy (non-hydrogen) atoms. The standard InChI is InChI=1S/C16H14N4O3/c1-20-16(23)11-6-3-2-5-10(11)13(19-20)9-18-15(22)12-7-4-8-17-14(12)21/h2-8H,9H2,1H3,(H,17,21)(H,18,22). The van der Waals surface area contributed by atoms with Crippen molar-refractivity contribution in [3.63, 3.8) is 0 Å². The zero-order valence-corrected chi connectivity index (χ0v) is 12.4. The number of pyridine rings is 1. The molecular weight excluding hydrogens is 296 g/mol. The van der Waals surface area contributed by atoms with E-state index in [4.69, 9.17) is 0 Å². The minimum Gasteiger partial charge on any atom is -0.346 e. The number of benzene rings is 1. The predicted octanol–water partition coefficient (Wildman–Crippen LogP) is 0.552. The van der Waals surface area contributed by atoms with Crippen LogP contribution in [0.1, 0.15) is 16.1 Å². The molecule has 2 heterocycles. The quantitative estimate of drug-likeness (QED) is 0.738. The SMILES string of the molecule is Cn1nc(CNC(=O)c2ccc[nH]c2=O)c2ccccc2c1=O. The van der Waals surface area contributed by atoms with Crippen LogP contribution in [-0.2, 0) is 13.6 Å². The second kappa shape index (κ2) is 5.88. The Morgan fingerprint density at radius 3 is 2.65 bits per heavy atom. The normalized spacial score (nSPS) is 10.7. The van der Waals surface area contributed by atoms with Crippen molar-refractivity contribution in [2.75, 3.05) is 0 Å². The van der Waals surface area contributed by atoms with E-state index in [2.05, 4.69) is 15.4 Å². The molecule has 3 rings (SSSR count). The number of fused-ring (bicyclic) bond motifs is 1. The van der Waals surface area contributed by atoms with Crippen molar-refractivity contribution in [3.8, 4) is 0 Å². The first-order valence-electron chi connectivity index (χ1n) is 6.99. The summed E-state index contributed by atoms with van der Waals surface area (Å²) in [5.41, 5.74) is -0.0662. The van der Waals surface area contributed by atoms with Crippen LogP contribution in [0.4, 0.5) is 0 Å². The highest BCUT2D eigenvalue weighted by Gasteiger charge is 2.12. The Morgan fingerprint density at radius 2 is 1.91 bits per heavy atom. The van der Waals surface area contributed by atoms with E-state index in [0.29, 0.717) is 16.5 Å². The van der Waals surface area contributed by atoms with Gasteiger partial charge in [-0.2, -0.15) is 5.10 Å². The van der Waals surface area contributed by atoms with Gasteiger partial charge in [-0.15, -0.1) is 0 Å². The van der Waals surface area contributed by atoms with Crippen LogP contribution < -0.4 is 16.4 Å². The van der Waals surface area contributed by atoms with Crippen LogP contribution in [0.3, 0.4) is 0 Å². The number of carbonyl (C=O) groups excluding carboxylic acids is 1. The smallest absolute Gasteiger partial charge is 0.274 e. The third-order valence-electron chi connectivity index (χ3n) is 3.51. The number of nitrogens with one attached hydrogen (secondary N) is 2. The lowest BCUT2D eigenvalue weighted by Crippen LogP contribution is -2.30. The Kier molecular flexibility index (Phi) is 3.76. The lowest BCUT2D eigenvalue weighted by Gasteiger charge is -2.09. The van der Waals surface area contributed by atoms with Gasteiger partial charge in [-0.3, -0.25) is 14.4 Å². The lowest BCUT2D eigenvalue weighted by atomic mass is 10.1. The first-order chi connectivity index (χ1) is 11.1. The van der Waals surface area contributed by atoms with E-state index >= 15 is 0 Å². The Bertz CT molecular complexity index is 1000. The molecule has 0 spiro atoms. The highest BCUT2D eigenvalue weighted by molar-refractivity contribution is 5.94. The molecule has 1 amide bonds. The van der Waals surface area contributed by atoms with Gasteiger partial charge in [-0.25, -0.2) is 4.68 Å². The van der Waals surface area contributed by atoms with Crippen molar-refractivity contribution in [1.82, 2.24) is 20.1 Å². The topological polar surface area (TPSA) is 96.8 Å². The van der Waals surface area contributed by atoms with Crippen LogP contribution in [-0.4, -0.2) is 20.7 Å². The van der Waals surface area contributed by atoms with Crippen molar-refractivity contribution >= 4 is 16.7 Å². The Hall–Kier alpha value is -3.22. The molecule has 1 aromatic carbocycles. The van der Waals surface area contributed by atoms with Gasteiger partial charge in [0.2, 0.25) is 0 Å². The zero-order valence-electron chi connectivity index (χ0n) is 12.4. The minimum absolute atomic E-state index is 0.0293. The number of hydrogen-bond acceptors (Lipinski definition) is 4. The number of rotatable bonds is 3. The van der Waals surface area contributed by atoms with Crippen LogP contribution in [0, 0.1) is 0 Å². The fourth-order valence-corrected chi connectivity index (χ4v) is 2.37. The molecule has 116 valence electrons. The second-order valence-corrected chi connectivity index (χ2v) is 5.02. The summed E-state index contributed by atoms with van der Waals surface area (Å²) in [6.07, 6.45) is 1.46. The molecule has 0 aliphatic heterocycles. The van der Waals surface area contributed by atoms with Gasteiger partial charge >= 0.3 is 0 Å². The molecule has 0 bridgehead atoms. The minimum atomic E-state index is -0.494. The summed E-state index contributed by atoms with van der Waals surface area (Å²) >= 11 is 0. The molecule has 0 atom stereocenters. The third-order valence-corrected chi connectivity index (χ3v) is 3.51. The Morgan fingerprint density at radius 1 is 1.17 bits per heavy atom. The van der Waals surface area contributed by atoms with E-state index in [0.717, 1.165) is 0 Å². The largest absolute Gasteiger partial charge is 0.346 e. The van der Waals surface area contributed by atoms with Crippen LogP contribution in [0.25, 0.3) is 10.8 Å². The number of aryl methyl sites for hydroxylation is 1. The number of aromatic amines is 1. The van der Waals surface area contributed by atoms with Crippen LogP contribution in [0.5, 0.6) is 0 Å². The van der Waals surface area contributed by atoms with Gasteiger partial charge in [-0.1, -0.05) is 18.2 Å². The average molecular weight is 310 g/mol.